The molecule has 0 aromatic carbocycles. The maximum Gasteiger partial charge on any atom is 0.153 e. The summed E-state index contributed by atoms with van der Waals surface area (Å²) >= 11 is 0. The Morgan fingerprint density at radius 1 is 0.868 bits per heavy atom. The van der Waals surface area contributed by atoms with Crippen molar-refractivity contribution >= 4 is 22.7 Å². The van der Waals surface area contributed by atoms with Crippen LogP contribution in [0.2, 0.25) is 0 Å². The average molecular weight is 521 g/mol. The second-order valence-corrected chi connectivity index (χ2v) is 10.7. The first-order valence-corrected chi connectivity index (χ1v) is 14.3. The molecule has 0 unspecified atom stereocenters. The van der Waals surface area contributed by atoms with Gasteiger partial charge < -0.3 is 25.0 Å². The molecule has 204 valence electrons. The minimum atomic E-state index is 0.351. The molecule has 3 aromatic heterocycles. The molecule has 0 amide bonds. The van der Waals surface area contributed by atoms with Crippen LogP contribution in [0.5, 0.6) is 0 Å². The Balaban J connectivity index is 1.26. The van der Waals surface area contributed by atoms with Crippen molar-refractivity contribution in [2.45, 2.75) is 70.0 Å². The fourth-order valence-corrected chi connectivity index (χ4v) is 6.11. The SMILES string of the molecule is CCc1nc2c(NC)ncc(-c3cnn(C4CCN(C5CCOCC5)CC4)c3)c2nc1NC1CCOCC1. The first-order chi connectivity index (χ1) is 18.7. The second kappa shape index (κ2) is 11.5. The van der Waals surface area contributed by atoms with Crippen LogP contribution in [-0.4, -0.2) is 88.3 Å². The predicted octanol–water partition coefficient (Wildman–Crippen LogP) is 3.90. The zero-order valence-corrected chi connectivity index (χ0v) is 22.7. The molecular formula is C28H40N8O2. The number of nitrogens with one attached hydrogen (secondary N) is 2. The van der Waals surface area contributed by atoms with E-state index in [2.05, 4.69) is 33.3 Å². The van der Waals surface area contributed by atoms with E-state index in [1.165, 1.54) is 0 Å². The number of pyridine rings is 1. The lowest BCUT2D eigenvalue weighted by atomic mass is 10.00. The highest BCUT2D eigenvalue weighted by Crippen LogP contribution is 2.33. The number of aromatic nitrogens is 5. The molecule has 6 rings (SSSR count). The van der Waals surface area contributed by atoms with Crippen molar-refractivity contribution in [3.05, 3.63) is 24.3 Å². The maximum absolute atomic E-state index is 5.56. The summed E-state index contributed by atoms with van der Waals surface area (Å²) in [4.78, 5) is 17.6. The van der Waals surface area contributed by atoms with Gasteiger partial charge in [-0.3, -0.25) is 4.68 Å². The first kappa shape index (κ1) is 25.5. The quantitative estimate of drug-likeness (QED) is 0.480. The molecule has 2 N–H and O–H groups in total. The molecule has 3 saturated heterocycles. The van der Waals surface area contributed by atoms with E-state index in [4.69, 9.17) is 29.5 Å². The van der Waals surface area contributed by atoms with Crippen LogP contribution in [0, 0.1) is 0 Å². The van der Waals surface area contributed by atoms with E-state index < -0.39 is 0 Å². The van der Waals surface area contributed by atoms with Gasteiger partial charge in [0.05, 0.1) is 17.9 Å². The first-order valence-electron chi connectivity index (χ1n) is 14.3. The van der Waals surface area contributed by atoms with E-state index in [9.17, 15) is 0 Å². The van der Waals surface area contributed by atoms with E-state index in [0.717, 1.165) is 124 Å². The predicted molar refractivity (Wildman–Crippen MR) is 149 cm³/mol. The van der Waals surface area contributed by atoms with Crippen LogP contribution in [0.25, 0.3) is 22.2 Å². The van der Waals surface area contributed by atoms with Crippen molar-refractivity contribution in [1.82, 2.24) is 29.6 Å². The molecule has 6 heterocycles. The van der Waals surface area contributed by atoms with Gasteiger partial charge in [0.15, 0.2) is 5.82 Å². The molecule has 3 aliphatic rings. The number of ether oxygens (including phenoxy) is 2. The Morgan fingerprint density at radius 3 is 2.32 bits per heavy atom. The average Bonchev–Trinajstić information content (AvgIpc) is 3.47. The zero-order chi connectivity index (χ0) is 25.9. The summed E-state index contributed by atoms with van der Waals surface area (Å²) in [6.07, 6.45) is 13.4. The number of rotatable bonds is 7. The van der Waals surface area contributed by atoms with Gasteiger partial charge in [0.2, 0.25) is 0 Å². The zero-order valence-electron chi connectivity index (χ0n) is 22.7. The molecule has 10 heteroatoms. The van der Waals surface area contributed by atoms with Crippen molar-refractivity contribution in [1.29, 1.82) is 0 Å². The summed E-state index contributed by atoms with van der Waals surface area (Å²) in [6.45, 7) is 7.74. The van der Waals surface area contributed by atoms with Crippen LogP contribution < -0.4 is 10.6 Å². The van der Waals surface area contributed by atoms with E-state index in [0.29, 0.717) is 18.1 Å². The van der Waals surface area contributed by atoms with Gasteiger partial charge in [0.25, 0.3) is 0 Å². The summed E-state index contributed by atoms with van der Waals surface area (Å²) in [5.74, 6) is 1.62. The molecule has 0 bridgehead atoms. The normalized spacial score (nSPS) is 20.7. The van der Waals surface area contributed by atoms with Gasteiger partial charge in [-0.25, -0.2) is 15.0 Å². The Hall–Kier alpha value is -2.82. The minimum absolute atomic E-state index is 0.351. The fraction of sp³-hybridized carbons (Fsp3) is 0.643. The van der Waals surface area contributed by atoms with Gasteiger partial charge in [0.1, 0.15) is 16.9 Å². The van der Waals surface area contributed by atoms with Crippen molar-refractivity contribution in [3.8, 4) is 11.1 Å². The number of likely N-dealkylation sites (tertiary alicyclic amines) is 1. The number of hydrogen-bond acceptors (Lipinski definition) is 9. The summed E-state index contributed by atoms with van der Waals surface area (Å²) < 4.78 is 13.3. The third-order valence-electron chi connectivity index (χ3n) is 8.40. The largest absolute Gasteiger partial charge is 0.381 e. The fourth-order valence-electron chi connectivity index (χ4n) is 6.11. The molecule has 3 fully saturated rings. The van der Waals surface area contributed by atoms with Gasteiger partial charge in [-0.05, 0) is 44.9 Å². The van der Waals surface area contributed by atoms with Crippen molar-refractivity contribution in [2.24, 2.45) is 0 Å². The maximum atomic E-state index is 5.56. The number of piperidine rings is 1. The van der Waals surface area contributed by atoms with Gasteiger partial charge in [-0.2, -0.15) is 5.10 Å². The summed E-state index contributed by atoms with van der Waals surface area (Å²) in [7, 11) is 1.88. The van der Waals surface area contributed by atoms with Crippen molar-refractivity contribution < 1.29 is 9.47 Å². The van der Waals surface area contributed by atoms with Gasteiger partial charge in [0, 0.05) is 82.2 Å². The Bertz CT molecular complexity index is 1230. The van der Waals surface area contributed by atoms with Crippen LogP contribution >= 0.6 is 0 Å². The Kier molecular flexibility index (Phi) is 7.71. The number of hydrogen-bond donors (Lipinski definition) is 2. The topological polar surface area (TPSA) is 102 Å². The Labute approximate surface area is 224 Å². The summed E-state index contributed by atoms with van der Waals surface area (Å²) in [6, 6.07) is 1.44. The molecule has 3 aliphatic heterocycles. The molecule has 3 aromatic rings. The number of nitrogens with zero attached hydrogens (tertiary/aromatic N) is 6. The number of aryl methyl sites for hydroxylation is 1. The highest BCUT2D eigenvalue weighted by molar-refractivity contribution is 5.97. The van der Waals surface area contributed by atoms with Crippen LogP contribution in [0.3, 0.4) is 0 Å². The van der Waals surface area contributed by atoms with Crippen LogP contribution in [0.1, 0.15) is 57.2 Å². The number of fused-ring (bicyclic) bond motifs is 1. The van der Waals surface area contributed by atoms with Crippen molar-refractivity contribution in [3.63, 3.8) is 0 Å². The molecule has 10 nitrogen and oxygen atoms in total. The Morgan fingerprint density at radius 2 is 1.61 bits per heavy atom. The van der Waals surface area contributed by atoms with Crippen LogP contribution in [0.15, 0.2) is 18.6 Å². The molecular weight excluding hydrogens is 480 g/mol. The minimum Gasteiger partial charge on any atom is -0.381 e. The third kappa shape index (κ3) is 5.21. The van der Waals surface area contributed by atoms with Crippen LogP contribution in [0.4, 0.5) is 11.6 Å². The van der Waals surface area contributed by atoms with Crippen LogP contribution in [-0.2, 0) is 15.9 Å². The van der Waals surface area contributed by atoms with Gasteiger partial charge in [-0.1, -0.05) is 6.92 Å². The number of anilines is 2. The lowest BCUT2D eigenvalue weighted by Gasteiger charge is -2.39. The third-order valence-corrected chi connectivity index (χ3v) is 8.40. The molecule has 0 spiro atoms. The standard InChI is InChI=1S/C28H40N8O2/c1-3-24-27(32-20-6-12-37-13-7-20)34-25-23(17-30-28(29-2)26(25)33-24)19-16-31-36(18-19)22-4-10-35(11-5-22)21-8-14-38-15-9-21/h16-18,20-22H,3-15H2,1-2H3,(H,29,30)(H,32,34). The van der Waals surface area contributed by atoms with E-state index in [1.807, 2.05) is 19.4 Å². The van der Waals surface area contributed by atoms with E-state index in [-0.39, 0.29) is 0 Å². The molecule has 38 heavy (non-hydrogen) atoms. The lowest BCUT2D eigenvalue weighted by molar-refractivity contribution is 0.0212. The molecule has 0 saturated carbocycles. The van der Waals surface area contributed by atoms with E-state index >= 15 is 0 Å². The molecule has 0 aliphatic carbocycles. The molecule has 0 radical (unpaired) electrons. The summed E-state index contributed by atoms with van der Waals surface area (Å²) in [5, 5.41) is 11.7. The van der Waals surface area contributed by atoms with Crippen molar-refractivity contribution in [2.75, 3.05) is 57.2 Å². The van der Waals surface area contributed by atoms with E-state index in [1.54, 1.807) is 0 Å². The molecule has 0 atom stereocenters. The monoisotopic (exact) mass is 520 g/mol. The second-order valence-electron chi connectivity index (χ2n) is 10.7. The smallest absolute Gasteiger partial charge is 0.153 e. The highest BCUT2D eigenvalue weighted by atomic mass is 16.5. The lowest BCUT2D eigenvalue weighted by Crippen LogP contribution is -2.44. The van der Waals surface area contributed by atoms with Gasteiger partial charge >= 0.3 is 0 Å². The highest BCUT2D eigenvalue weighted by Gasteiger charge is 2.28. The summed E-state index contributed by atoms with van der Waals surface area (Å²) in [5.41, 5.74) is 4.62. The van der Waals surface area contributed by atoms with Gasteiger partial charge in [-0.15, -0.1) is 0 Å².